The average molecular weight is 221 g/mol. The number of benzene rings is 1. The average Bonchev–Trinajstić information content (AvgIpc) is 2.17. The molecule has 0 spiro atoms. The van der Waals surface area contributed by atoms with Gasteiger partial charge in [-0.3, -0.25) is 4.79 Å². The Hall–Kier alpha value is -1.35. The van der Waals surface area contributed by atoms with Gasteiger partial charge in [-0.2, -0.15) is 0 Å². The Balaban J connectivity index is 2.65. The van der Waals surface area contributed by atoms with Crippen LogP contribution in [0.2, 0.25) is 0 Å². The number of amides is 1. The van der Waals surface area contributed by atoms with Crippen molar-refractivity contribution in [2.75, 3.05) is 5.32 Å². The zero-order valence-electron chi connectivity index (χ0n) is 10.3. The van der Waals surface area contributed by atoms with Crippen LogP contribution in [-0.4, -0.2) is 17.6 Å². The van der Waals surface area contributed by atoms with Crippen LogP contribution in [0.5, 0.6) is 0 Å². The summed E-state index contributed by atoms with van der Waals surface area (Å²) in [5, 5.41) is 2.82. The molecule has 0 saturated carbocycles. The van der Waals surface area contributed by atoms with E-state index in [-0.39, 0.29) is 12.0 Å². The zero-order chi connectivity index (χ0) is 12.2. The third-order valence-electron chi connectivity index (χ3n) is 2.11. The molecule has 16 heavy (non-hydrogen) atoms. The highest BCUT2D eigenvalue weighted by Gasteiger charge is 2.29. The summed E-state index contributed by atoms with van der Waals surface area (Å²) in [6.07, 6.45) is 0.0246. The van der Waals surface area contributed by atoms with Crippen LogP contribution in [-0.2, 0) is 9.53 Å². The summed E-state index contributed by atoms with van der Waals surface area (Å²) in [5.41, 5.74) is -0.0303. The molecule has 0 aliphatic carbocycles. The van der Waals surface area contributed by atoms with Crippen molar-refractivity contribution in [2.24, 2.45) is 0 Å². The quantitative estimate of drug-likeness (QED) is 0.849. The van der Waals surface area contributed by atoms with E-state index < -0.39 is 5.60 Å². The maximum absolute atomic E-state index is 11.9. The Kier molecular flexibility index (Phi) is 4.07. The molecule has 1 N–H and O–H groups in total. The number of carbonyl (C=O) groups is 1. The van der Waals surface area contributed by atoms with Gasteiger partial charge in [-0.25, -0.2) is 0 Å². The maximum atomic E-state index is 11.9. The molecule has 88 valence electrons. The van der Waals surface area contributed by atoms with Crippen molar-refractivity contribution in [1.29, 1.82) is 0 Å². The molecule has 3 nitrogen and oxygen atoms in total. The van der Waals surface area contributed by atoms with E-state index in [2.05, 4.69) is 5.32 Å². The largest absolute Gasteiger partial charge is 0.363 e. The zero-order valence-corrected chi connectivity index (χ0v) is 10.3. The number of para-hydroxylation sites is 1. The van der Waals surface area contributed by atoms with Crippen LogP contribution in [0.15, 0.2) is 30.3 Å². The van der Waals surface area contributed by atoms with Gasteiger partial charge in [-0.05, 0) is 39.8 Å². The molecule has 1 amide bonds. The highest BCUT2D eigenvalue weighted by atomic mass is 16.5. The number of ether oxygens (including phenoxy) is 1. The van der Waals surface area contributed by atoms with Gasteiger partial charge in [0.2, 0.25) is 0 Å². The summed E-state index contributed by atoms with van der Waals surface area (Å²) in [4.78, 5) is 11.9. The van der Waals surface area contributed by atoms with Crippen LogP contribution >= 0.6 is 0 Å². The third kappa shape index (κ3) is 3.66. The van der Waals surface area contributed by atoms with Gasteiger partial charge in [0.05, 0.1) is 6.10 Å². The standard InChI is InChI=1S/C13H19NO2/c1-10(2)16-13(3,4)12(15)14-11-8-6-5-7-9-11/h5-10H,1-4H3,(H,14,15). The van der Waals surface area contributed by atoms with Crippen molar-refractivity contribution in [2.45, 2.75) is 39.4 Å². The third-order valence-corrected chi connectivity index (χ3v) is 2.11. The van der Waals surface area contributed by atoms with Gasteiger partial charge in [0.15, 0.2) is 0 Å². The number of hydrogen-bond acceptors (Lipinski definition) is 2. The smallest absolute Gasteiger partial charge is 0.256 e. The molecule has 0 unspecified atom stereocenters. The first-order valence-electron chi connectivity index (χ1n) is 5.46. The van der Waals surface area contributed by atoms with Crippen LogP contribution in [0.25, 0.3) is 0 Å². The second-order valence-corrected chi connectivity index (χ2v) is 4.50. The lowest BCUT2D eigenvalue weighted by molar-refractivity contribution is -0.141. The highest BCUT2D eigenvalue weighted by Crippen LogP contribution is 2.16. The molecule has 1 aromatic carbocycles. The molecule has 0 aromatic heterocycles. The van der Waals surface area contributed by atoms with Gasteiger partial charge >= 0.3 is 0 Å². The fraction of sp³-hybridized carbons (Fsp3) is 0.462. The summed E-state index contributed by atoms with van der Waals surface area (Å²) in [6.45, 7) is 7.37. The first-order chi connectivity index (χ1) is 7.42. The van der Waals surface area contributed by atoms with Crippen LogP contribution in [0.1, 0.15) is 27.7 Å². The fourth-order valence-electron chi connectivity index (χ4n) is 1.45. The second kappa shape index (κ2) is 5.12. The molecule has 0 heterocycles. The Labute approximate surface area is 96.8 Å². The number of nitrogens with one attached hydrogen (secondary N) is 1. The van der Waals surface area contributed by atoms with Crippen LogP contribution in [0.4, 0.5) is 5.69 Å². The van der Waals surface area contributed by atoms with E-state index in [4.69, 9.17) is 4.74 Å². The lowest BCUT2D eigenvalue weighted by Crippen LogP contribution is -2.41. The molecule has 0 aliphatic heterocycles. The number of carbonyl (C=O) groups excluding carboxylic acids is 1. The predicted octanol–water partition coefficient (Wildman–Crippen LogP) is 2.83. The van der Waals surface area contributed by atoms with E-state index in [1.807, 2.05) is 44.2 Å². The Bertz CT molecular complexity index is 344. The number of anilines is 1. The molecule has 1 aromatic rings. The monoisotopic (exact) mass is 221 g/mol. The van der Waals surface area contributed by atoms with Crippen LogP contribution in [0, 0.1) is 0 Å². The summed E-state index contributed by atoms with van der Waals surface area (Å²) in [6, 6.07) is 9.37. The van der Waals surface area contributed by atoms with Gasteiger partial charge in [-0.1, -0.05) is 18.2 Å². The predicted molar refractivity (Wildman–Crippen MR) is 65.4 cm³/mol. The van der Waals surface area contributed by atoms with Crippen molar-refractivity contribution in [3.63, 3.8) is 0 Å². The lowest BCUT2D eigenvalue weighted by Gasteiger charge is -2.26. The minimum atomic E-state index is -0.815. The number of rotatable bonds is 4. The second-order valence-electron chi connectivity index (χ2n) is 4.50. The summed E-state index contributed by atoms with van der Waals surface area (Å²) in [5.74, 6) is -0.132. The molecule has 0 saturated heterocycles. The summed E-state index contributed by atoms with van der Waals surface area (Å²) in [7, 11) is 0. The minimum absolute atomic E-state index is 0.0246. The normalized spacial score (nSPS) is 11.6. The van der Waals surface area contributed by atoms with Crippen molar-refractivity contribution < 1.29 is 9.53 Å². The van der Waals surface area contributed by atoms with E-state index in [0.29, 0.717) is 0 Å². The summed E-state index contributed by atoms with van der Waals surface area (Å²) >= 11 is 0. The van der Waals surface area contributed by atoms with E-state index in [1.165, 1.54) is 0 Å². The molecule has 0 bridgehead atoms. The van der Waals surface area contributed by atoms with E-state index >= 15 is 0 Å². The molecular weight excluding hydrogens is 202 g/mol. The molecule has 0 fully saturated rings. The van der Waals surface area contributed by atoms with Crippen LogP contribution in [0.3, 0.4) is 0 Å². The van der Waals surface area contributed by atoms with Gasteiger partial charge in [0.1, 0.15) is 5.60 Å². The topological polar surface area (TPSA) is 38.3 Å². The van der Waals surface area contributed by atoms with Crippen molar-refractivity contribution in [3.8, 4) is 0 Å². The Morgan fingerprint density at radius 3 is 2.31 bits per heavy atom. The van der Waals surface area contributed by atoms with Gasteiger partial charge < -0.3 is 10.1 Å². The lowest BCUT2D eigenvalue weighted by atomic mass is 10.1. The van der Waals surface area contributed by atoms with Gasteiger partial charge in [0.25, 0.3) is 5.91 Å². The molecular formula is C13H19NO2. The first kappa shape index (κ1) is 12.7. The SMILES string of the molecule is CC(C)OC(C)(C)C(=O)Nc1ccccc1. The van der Waals surface area contributed by atoms with E-state index in [1.54, 1.807) is 13.8 Å². The molecule has 0 atom stereocenters. The van der Waals surface area contributed by atoms with Gasteiger partial charge in [-0.15, -0.1) is 0 Å². The van der Waals surface area contributed by atoms with Crippen molar-refractivity contribution >= 4 is 11.6 Å². The van der Waals surface area contributed by atoms with E-state index in [9.17, 15) is 4.79 Å². The molecule has 0 aliphatic rings. The maximum Gasteiger partial charge on any atom is 0.256 e. The molecule has 3 heteroatoms. The summed E-state index contributed by atoms with van der Waals surface area (Å²) < 4.78 is 5.56. The molecule has 0 radical (unpaired) electrons. The fourth-order valence-corrected chi connectivity index (χ4v) is 1.45. The highest BCUT2D eigenvalue weighted by molar-refractivity contribution is 5.96. The van der Waals surface area contributed by atoms with Crippen molar-refractivity contribution in [3.05, 3.63) is 30.3 Å². The Morgan fingerprint density at radius 1 is 1.25 bits per heavy atom. The number of hydrogen-bond donors (Lipinski definition) is 1. The Morgan fingerprint density at radius 2 is 1.81 bits per heavy atom. The van der Waals surface area contributed by atoms with Crippen LogP contribution < -0.4 is 5.32 Å². The molecule has 1 rings (SSSR count). The van der Waals surface area contributed by atoms with E-state index in [0.717, 1.165) is 5.69 Å². The van der Waals surface area contributed by atoms with Crippen molar-refractivity contribution in [1.82, 2.24) is 0 Å². The van der Waals surface area contributed by atoms with Gasteiger partial charge in [0, 0.05) is 5.69 Å². The first-order valence-corrected chi connectivity index (χ1v) is 5.46. The minimum Gasteiger partial charge on any atom is -0.363 e.